The first-order chi connectivity index (χ1) is 9.58. The topological polar surface area (TPSA) is 61.7 Å². The summed E-state index contributed by atoms with van der Waals surface area (Å²) in [6.07, 6.45) is 1.27. The largest absolute Gasteiger partial charge is 0.478 e. The van der Waals surface area contributed by atoms with Crippen LogP contribution in [0.1, 0.15) is 15.9 Å². The summed E-state index contributed by atoms with van der Waals surface area (Å²) in [5.74, 6) is -1.47. The van der Waals surface area contributed by atoms with Gasteiger partial charge in [0, 0.05) is 5.56 Å². The van der Waals surface area contributed by atoms with Gasteiger partial charge < -0.3 is 5.11 Å². The van der Waals surface area contributed by atoms with Gasteiger partial charge >= 0.3 is 5.97 Å². The van der Waals surface area contributed by atoms with Crippen molar-refractivity contribution in [2.24, 2.45) is 5.10 Å². The van der Waals surface area contributed by atoms with Crippen LogP contribution in [0.2, 0.25) is 5.02 Å². The standard InChI is InChI=1S/C14H10ClFN2O2/c15-12-2-1-3-13(16)11(12)8-17-18-10-6-4-9(5-7-10)14(19)20/h1-8,18H,(H,19,20)/b17-8+. The number of nitrogens with zero attached hydrogens (tertiary/aromatic N) is 1. The third-order valence-corrected chi connectivity index (χ3v) is 2.85. The zero-order valence-electron chi connectivity index (χ0n) is 10.2. The Morgan fingerprint density at radius 2 is 1.95 bits per heavy atom. The Labute approximate surface area is 119 Å². The number of halogens is 2. The van der Waals surface area contributed by atoms with Gasteiger partial charge in [0.05, 0.1) is 22.5 Å². The summed E-state index contributed by atoms with van der Waals surface area (Å²) in [7, 11) is 0. The minimum Gasteiger partial charge on any atom is -0.478 e. The van der Waals surface area contributed by atoms with Crippen molar-refractivity contribution in [2.45, 2.75) is 0 Å². The second-order valence-corrected chi connectivity index (χ2v) is 4.30. The highest BCUT2D eigenvalue weighted by Gasteiger charge is 2.03. The first-order valence-corrected chi connectivity index (χ1v) is 6.02. The Balaban J connectivity index is 2.08. The number of benzene rings is 2. The molecule has 0 saturated carbocycles. The van der Waals surface area contributed by atoms with Gasteiger partial charge in [0.15, 0.2) is 0 Å². The fraction of sp³-hybridized carbons (Fsp3) is 0. The first-order valence-electron chi connectivity index (χ1n) is 5.64. The van der Waals surface area contributed by atoms with Gasteiger partial charge in [0.25, 0.3) is 0 Å². The van der Waals surface area contributed by atoms with Crippen LogP contribution in [0.15, 0.2) is 47.6 Å². The van der Waals surface area contributed by atoms with Crippen LogP contribution < -0.4 is 5.43 Å². The van der Waals surface area contributed by atoms with Crippen molar-refractivity contribution in [1.82, 2.24) is 0 Å². The number of hydrazone groups is 1. The van der Waals surface area contributed by atoms with E-state index in [9.17, 15) is 9.18 Å². The number of carboxylic acids is 1. The van der Waals surface area contributed by atoms with E-state index in [0.29, 0.717) is 5.69 Å². The van der Waals surface area contributed by atoms with Gasteiger partial charge in [-0.15, -0.1) is 0 Å². The van der Waals surface area contributed by atoms with Gasteiger partial charge in [-0.05, 0) is 36.4 Å². The van der Waals surface area contributed by atoms with Gasteiger partial charge in [0.1, 0.15) is 5.82 Å². The molecule has 0 unspecified atom stereocenters. The van der Waals surface area contributed by atoms with Crippen molar-refractivity contribution in [1.29, 1.82) is 0 Å². The van der Waals surface area contributed by atoms with Crippen molar-refractivity contribution in [3.05, 3.63) is 64.4 Å². The molecule has 0 amide bonds. The highest BCUT2D eigenvalue weighted by molar-refractivity contribution is 6.33. The molecule has 0 spiro atoms. The molecular formula is C14H10ClFN2O2. The summed E-state index contributed by atoms with van der Waals surface area (Å²) in [4.78, 5) is 10.7. The van der Waals surface area contributed by atoms with Crippen LogP contribution in [0.4, 0.5) is 10.1 Å². The number of carboxylic acid groups (broad SMARTS) is 1. The number of anilines is 1. The summed E-state index contributed by atoms with van der Waals surface area (Å²) in [5.41, 5.74) is 3.61. The van der Waals surface area contributed by atoms with Crippen molar-refractivity contribution in [3.8, 4) is 0 Å². The predicted molar refractivity (Wildman–Crippen MR) is 76.0 cm³/mol. The molecule has 102 valence electrons. The third-order valence-electron chi connectivity index (χ3n) is 2.52. The molecule has 0 aliphatic heterocycles. The molecule has 2 aromatic carbocycles. The maximum absolute atomic E-state index is 13.4. The highest BCUT2D eigenvalue weighted by Crippen LogP contribution is 2.17. The molecule has 4 nitrogen and oxygen atoms in total. The second kappa shape index (κ2) is 6.16. The van der Waals surface area contributed by atoms with Crippen LogP contribution in [0.25, 0.3) is 0 Å². The van der Waals surface area contributed by atoms with Gasteiger partial charge in [-0.2, -0.15) is 5.10 Å². The fourth-order valence-electron chi connectivity index (χ4n) is 1.49. The third kappa shape index (κ3) is 3.33. The Bertz CT molecular complexity index is 636. The number of nitrogens with one attached hydrogen (secondary N) is 1. The van der Waals surface area contributed by atoms with Gasteiger partial charge in [-0.3, -0.25) is 5.43 Å². The Morgan fingerprint density at radius 3 is 2.55 bits per heavy atom. The second-order valence-electron chi connectivity index (χ2n) is 3.89. The summed E-state index contributed by atoms with van der Waals surface area (Å²) < 4.78 is 13.4. The van der Waals surface area contributed by atoms with Crippen LogP contribution >= 0.6 is 11.6 Å². The molecule has 0 aromatic heterocycles. The predicted octanol–water partition coefficient (Wildman–Crippen LogP) is 3.62. The Morgan fingerprint density at radius 1 is 1.25 bits per heavy atom. The zero-order chi connectivity index (χ0) is 14.5. The first kappa shape index (κ1) is 14.0. The molecule has 2 aromatic rings. The van der Waals surface area contributed by atoms with Gasteiger partial charge in [0.2, 0.25) is 0 Å². The van der Waals surface area contributed by atoms with Crippen LogP contribution in [-0.2, 0) is 0 Å². The lowest BCUT2D eigenvalue weighted by Crippen LogP contribution is -1.97. The number of hydrogen-bond donors (Lipinski definition) is 2. The average Bonchev–Trinajstić information content (AvgIpc) is 2.42. The molecule has 0 radical (unpaired) electrons. The molecule has 20 heavy (non-hydrogen) atoms. The van der Waals surface area contributed by atoms with E-state index < -0.39 is 11.8 Å². The van der Waals surface area contributed by atoms with E-state index in [4.69, 9.17) is 16.7 Å². The van der Waals surface area contributed by atoms with Crippen molar-refractivity contribution >= 4 is 29.5 Å². The molecular weight excluding hydrogens is 283 g/mol. The summed E-state index contributed by atoms with van der Waals surface area (Å²) in [6.45, 7) is 0. The Hall–Kier alpha value is -2.40. The number of rotatable bonds is 4. The molecule has 6 heteroatoms. The number of carbonyl (C=O) groups is 1. The number of aromatic carboxylic acids is 1. The SMILES string of the molecule is O=C(O)c1ccc(N/N=C/c2c(F)cccc2Cl)cc1. The quantitative estimate of drug-likeness (QED) is 0.668. The van der Waals surface area contributed by atoms with E-state index in [1.54, 1.807) is 18.2 Å². The monoisotopic (exact) mass is 292 g/mol. The van der Waals surface area contributed by atoms with E-state index in [2.05, 4.69) is 10.5 Å². The highest BCUT2D eigenvalue weighted by atomic mass is 35.5. The van der Waals surface area contributed by atoms with Crippen LogP contribution in [0.5, 0.6) is 0 Å². The molecule has 2 N–H and O–H groups in total. The van der Waals surface area contributed by atoms with E-state index in [-0.39, 0.29) is 16.1 Å². The maximum Gasteiger partial charge on any atom is 0.335 e. The molecule has 0 heterocycles. The van der Waals surface area contributed by atoms with Crippen LogP contribution in [0.3, 0.4) is 0 Å². The number of hydrogen-bond acceptors (Lipinski definition) is 3. The molecule has 0 atom stereocenters. The molecule has 0 fully saturated rings. The van der Waals surface area contributed by atoms with E-state index in [1.807, 2.05) is 0 Å². The summed E-state index contributed by atoms with van der Waals surface area (Å²) in [5, 5.41) is 12.9. The molecule has 0 aliphatic rings. The lowest BCUT2D eigenvalue weighted by Gasteiger charge is -2.02. The van der Waals surface area contributed by atoms with Crippen molar-refractivity contribution < 1.29 is 14.3 Å². The summed E-state index contributed by atoms with van der Waals surface area (Å²) in [6, 6.07) is 10.4. The smallest absolute Gasteiger partial charge is 0.335 e. The van der Waals surface area contributed by atoms with Gasteiger partial charge in [-0.1, -0.05) is 17.7 Å². The van der Waals surface area contributed by atoms with Crippen LogP contribution in [0, 0.1) is 5.82 Å². The molecule has 0 aliphatic carbocycles. The summed E-state index contributed by atoms with van der Waals surface area (Å²) >= 11 is 5.84. The van der Waals surface area contributed by atoms with Crippen LogP contribution in [-0.4, -0.2) is 17.3 Å². The van der Waals surface area contributed by atoms with Crippen molar-refractivity contribution in [3.63, 3.8) is 0 Å². The lowest BCUT2D eigenvalue weighted by atomic mass is 10.2. The van der Waals surface area contributed by atoms with E-state index in [0.717, 1.165) is 0 Å². The molecule has 0 bridgehead atoms. The Kier molecular flexibility index (Phi) is 4.32. The minimum absolute atomic E-state index is 0.177. The van der Waals surface area contributed by atoms with Crippen molar-refractivity contribution in [2.75, 3.05) is 5.43 Å². The maximum atomic E-state index is 13.4. The van der Waals surface area contributed by atoms with E-state index >= 15 is 0 Å². The van der Waals surface area contributed by atoms with E-state index in [1.165, 1.54) is 30.5 Å². The minimum atomic E-state index is -1.00. The molecule has 2 rings (SSSR count). The normalized spacial score (nSPS) is 10.7. The fourth-order valence-corrected chi connectivity index (χ4v) is 1.70. The zero-order valence-corrected chi connectivity index (χ0v) is 10.9. The van der Waals surface area contributed by atoms with Gasteiger partial charge in [-0.25, -0.2) is 9.18 Å². The average molecular weight is 293 g/mol. The lowest BCUT2D eigenvalue weighted by molar-refractivity contribution is 0.0697. The molecule has 0 saturated heterocycles.